The van der Waals surface area contributed by atoms with Gasteiger partial charge in [-0.2, -0.15) is 0 Å². The summed E-state index contributed by atoms with van der Waals surface area (Å²) in [6.07, 6.45) is 6.93. The molecule has 3 unspecified atom stereocenters. The fraction of sp³-hybridized carbons (Fsp3) is 0.276. The molecule has 0 radical (unpaired) electrons. The van der Waals surface area contributed by atoms with Crippen molar-refractivity contribution >= 4 is 34.2 Å². The van der Waals surface area contributed by atoms with Crippen LogP contribution in [0.1, 0.15) is 47.6 Å². The highest BCUT2D eigenvalue weighted by Crippen LogP contribution is 2.37. The van der Waals surface area contributed by atoms with Gasteiger partial charge in [-0.1, -0.05) is 60.7 Å². The number of hydrogen-bond acceptors (Lipinski definition) is 3. The van der Waals surface area contributed by atoms with Gasteiger partial charge in [-0.05, 0) is 60.2 Å². The minimum absolute atomic E-state index is 0.00311. The lowest BCUT2D eigenvalue weighted by Gasteiger charge is -2.38. The summed E-state index contributed by atoms with van der Waals surface area (Å²) in [4.78, 5) is 41.5. The second kappa shape index (κ2) is 8.69. The van der Waals surface area contributed by atoms with Gasteiger partial charge in [-0.25, -0.2) is 5.01 Å². The number of fused-ring (bicyclic) bond motifs is 2. The van der Waals surface area contributed by atoms with E-state index in [4.69, 9.17) is 0 Å². The fourth-order valence-corrected chi connectivity index (χ4v) is 5.80. The molecule has 0 aromatic heterocycles. The zero-order chi connectivity index (χ0) is 23.9. The molecule has 0 spiro atoms. The van der Waals surface area contributed by atoms with E-state index in [1.54, 1.807) is 24.3 Å². The van der Waals surface area contributed by atoms with Crippen molar-refractivity contribution in [2.75, 3.05) is 11.6 Å². The van der Waals surface area contributed by atoms with Crippen LogP contribution >= 0.6 is 0 Å². The first-order valence-corrected chi connectivity index (χ1v) is 12.3. The molecule has 2 heterocycles. The molecule has 35 heavy (non-hydrogen) atoms. The van der Waals surface area contributed by atoms with Gasteiger partial charge >= 0.3 is 0 Å². The number of nitrogens with zero attached hydrogens (tertiary/aromatic N) is 2. The molecule has 2 saturated heterocycles. The largest absolute Gasteiger partial charge is 0.332 e. The molecule has 3 aromatic rings. The number of anilines is 1. The van der Waals surface area contributed by atoms with Crippen LogP contribution < -0.4 is 10.4 Å². The molecule has 1 N–H and O–H groups in total. The molecule has 2 aliphatic heterocycles. The Hall–Kier alpha value is -3.93. The van der Waals surface area contributed by atoms with Crippen LogP contribution in [0.15, 0.2) is 78.9 Å². The van der Waals surface area contributed by atoms with Crippen LogP contribution in [-0.2, 0) is 9.59 Å². The third kappa shape index (κ3) is 3.70. The molecule has 0 bridgehead atoms. The standard InChI is InChI=1S/C29H27N3O3/c33-27-24-13-3-4-14-25(24)29(35)32(30-27)21-11-5-10-20(18-21)28(34)31-17-7-16-26(31)23-15-6-9-19-8-1-2-12-22(19)23/h1-6,8-12,15,18,24-26H,7,13-14,16-17H2,(H,30,33). The Morgan fingerprint density at radius 1 is 0.886 bits per heavy atom. The monoisotopic (exact) mass is 465 g/mol. The fourth-order valence-electron chi connectivity index (χ4n) is 5.80. The molecular weight excluding hydrogens is 438 g/mol. The van der Waals surface area contributed by atoms with Gasteiger partial charge in [0.25, 0.3) is 5.91 Å². The highest BCUT2D eigenvalue weighted by Gasteiger charge is 2.42. The van der Waals surface area contributed by atoms with Gasteiger partial charge in [0, 0.05) is 12.1 Å². The van der Waals surface area contributed by atoms with Crippen LogP contribution in [0, 0.1) is 11.8 Å². The molecule has 6 nitrogen and oxygen atoms in total. The molecule has 176 valence electrons. The quantitative estimate of drug-likeness (QED) is 0.566. The van der Waals surface area contributed by atoms with Crippen LogP contribution in [0.5, 0.6) is 0 Å². The highest BCUT2D eigenvalue weighted by atomic mass is 16.2. The van der Waals surface area contributed by atoms with Gasteiger partial charge in [0.05, 0.1) is 23.6 Å². The number of hydrazine groups is 1. The second-order valence-corrected chi connectivity index (χ2v) is 9.58. The highest BCUT2D eigenvalue weighted by molar-refractivity contribution is 6.05. The zero-order valence-corrected chi connectivity index (χ0v) is 19.4. The van der Waals surface area contributed by atoms with Gasteiger partial charge in [-0.15, -0.1) is 0 Å². The lowest BCUT2D eigenvalue weighted by molar-refractivity contribution is -0.139. The summed E-state index contributed by atoms with van der Waals surface area (Å²) in [5.74, 6) is -1.01. The Kier molecular flexibility index (Phi) is 5.36. The molecule has 6 rings (SSSR count). The van der Waals surface area contributed by atoms with Crippen molar-refractivity contribution < 1.29 is 14.4 Å². The van der Waals surface area contributed by atoms with Crippen molar-refractivity contribution in [3.8, 4) is 0 Å². The number of hydrogen-bond donors (Lipinski definition) is 1. The van der Waals surface area contributed by atoms with E-state index < -0.39 is 0 Å². The smallest absolute Gasteiger partial charge is 0.254 e. The molecule has 3 amide bonds. The van der Waals surface area contributed by atoms with E-state index in [-0.39, 0.29) is 35.6 Å². The first kappa shape index (κ1) is 21.6. The summed E-state index contributed by atoms with van der Waals surface area (Å²) in [5.41, 5.74) is 4.96. The lowest BCUT2D eigenvalue weighted by Crippen LogP contribution is -2.59. The zero-order valence-electron chi connectivity index (χ0n) is 19.4. The molecule has 3 atom stereocenters. The van der Waals surface area contributed by atoms with Crippen molar-refractivity contribution in [3.05, 3.63) is 90.0 Å². The van der Waals surface area contributed by atoms with Crippen molar-refractivity contribution in [2.45, 2.75) is 31.7 Å². The maximum atomic E-state index is 13.7. The molecule has 6 heteroatoms. The van der Waals surface area contributed by atoms with E-state index in [2.05, 4.69) is 35.8 Å². The average molecular weight is 466 g/mol. The molecule has 0 saturated carbocycles. The van der Waals surface area contributed by atoms with Crippen LogP contribution in [0.2, 0.25) is 0 Å². The summed E-state index contributed by atoms with van der Waals surface area (Å²) in [7, 11) is 0. The summed E-state index contributed by atoms with van der Waals surface area (Å²) >= 11 is 0. The molecular formula is C29H27N3O3. The predicted octanol–water partition coefficient (Wildman–Crippen LogP) is 4.78. The number of carbonyl (C=O) groups excluding carboxylic acids is 3. The SMILES string of the molecule is O=C1NN(c2cccc(C(=O)N3CCCC3c3cccc4ccccc34)c2)C(=O)C2CC=CCC12. The summed E-state index contributed by atoms with van der Waals surface area (Å²) < 4.78 is 0. The first-order valence-electron chi connectivity index (χ1n) is 12.3. The number of nitrogens with one attached hydrogen (secondary N) is 1. The third-order valence-corrected chi connectivity index (χ3v) is 7.58. The van der Waals surface area contributed by atoms with Crippen LogP contribution in [0.25, 0.3) is 10.8 Å². The average Bonchev–Trinajstić information content (AvgIpc) is 3.40. The minimum Gasteiger partial charge on any atom is -0.332 e. The number of benzene rings is 3. The van der Waals surface area contributed by atoms with E-state index >= 15 is 0 Å². The van der Waals surface area contributed by atoms with Crippen molar-refractivity contribution in [1.82, 2.24) is 10.3 Å². The van der Waals surface area contributed by atoms with E-state index in [0.29, 0.717) is 30.6 Å². The van der Waals surface area contributed by atoms with E-state index in [0.717, 1.165) is 12.8 Å². The lowest BCUT2D eigenvalue weighted by atomic mass is 9.80. The van der Waals surface area contributed by atoms with Gasteiger partial charge in [0.15, 0.2) is 0 Å². The molecule has 3 aromatic carbocycles. The number of allylic oxidation sites excluding steroid dienone is 2. The van der Waals surface area contributed by atoms with Crippen LogP contribution in [-0.4, -0.2) is 29.2 Å². The summed E-state index contributed by atoms with van der Waals surface area (Å²) in [5, 5.41) is 3.67. The Bertz CT molecular complexity index is 1360. The summed E-state index contributed by atoms with van der Waals surface area (Å²) in [6.45, 7) is 0.687. The molecule has 1 aliphatic carbocycles. The molecule has 3 aliphatic rings. The van der Waals surface area contributed by atoms with Gasteiger partial charge in [0.2, 0.25) is 11.8 Å². The van der Waals surface area contributed by atoms with Gasteiger partial charge < -0.3 is 4.90 Å². The Morgan fingerprint density at radius 3 is 2.54 bits per heavy atom. The number of amides is 3. The van der Waals surface area contributed by atoms with Crippen molar-refractivity contribution in [2.24, 2.45) is 11.8 Å². The Morgan fingerprint density at radius 2 is 1.66 bits per heavy atom. The molecule has 2 fully saturated rings. The van der Waals surface area contributed by atoms with Crippen LogP contribution in [0.4, 0.5) is 5.69 Å². The Balaban J connectivity index is 1.29. The number of rotatable bonds is 3. The maximum Gasteiger partial charge on any atom is 0.254 e. The summed E-state index contributed by atoms with van der Waals surface area (Å²) in [6, 6.07) is 21.6. The normalized spacial score (nSPS) is 23.9. The van der Waals surface area contributed by atoms with E-state index in [1.807, 2.05) is 29.2 Å². The third-order valence-electron chi connectivity index (χ3n) is 7.58. The van der Waals surface area contributed by atoms with Gasteiger partial charge in [0.1, 0.15) is 0 Å². The van der Waals surface area contributed by atoms with E-state index in [1.165, 1.54) is 21.3 Å². The second-order valence-electron chi connectivity index (χ2n) is 9.58. The number of likely N-dealkylation sites (tertiary alicyclic amines) is 1. The van der Waals surface area contributed by atoms with Gasteiger partial charge in [-0.3, -0.25) is 19.8 Å². The minimum atomic E-state index is -0.359. The van der Waals surface area contributed by atoms with Crippen molar-refractivity contribution in [1.29, 1.82) is 0 Å². The van der Waals surface area contributed by atoms with Crippen LogP contribution in [0.3, 0.4) is 0 Å². The van der Waals surface area contributed by atoms with Crippen molar-refractivity contribution in [3.63, 3.8) is 0 Å². The topological polar surface area (TPSA) is 69.7 Å². The van der Waals surface area contributed by atoms with E-state index in [9.17, 15) is 14.4 Å². The predicted molar refractivity (Wildman–Crippen MR) is 134 cm³/mol. The maximum absolute atomic E-state index is 13.7. The first-order chi connectivity index (χ1) is 17.1. The number of carbonyl (C=O) groups is 3. The Labute approximate surface area is 204 Å².